The molecule has 10 heteroatoms. The number of rotatable bonds is 6. The Morgan fingerprint density at radius 3 is 2.33 bits per heavy atom. The molecule has 0 radical (unpaired) electrons. The third kappa shape index (κ3) is 5.17. The first-order chi connectivity index (χ1) is 14.1. The number of benzene rings is 3. The van der Waals surface area contributed by atoms with E-state index in [1.807, 2.05) is 0 Å². The number of hydrogen-bond acceptors (Lipinski definition) is 4. The molecule has 0 spiro atoms. The summed E-state index contributed by atoms with van der Waals surface area (Å²) in [5.74, 6) is 0.0311. The van der Waals surface area contributed by atoms with Crippen LogP contribution in [0.15, 0.2) is 71.6 Å². The van der Waals surface area contributed by atoms with Gasteiger partial charge in [0, 0.05) is 12.1 Å². The Labute approximate surface area is 176 Å². The average molecular weight is 456 g/mol. The van der Waals surface area contributed by atoms with Crippen molar-refractivity contribution in [3.8, 4) is 11.5 Å². The lowest BCUT2D eigenvalue weighted by atomic mass is 10.2. The van der Waals surface area contributed by atoms with Crippen molar-refractivity contribution in [2.45, 2.75) is 16.8 Å². The van der Waals surface area contributed by atoms with Gasteiger partial charge in [0.15, 0.2) is 0 Å². The average Bonchev–Trinajstić information content (AvgIpc) is 2.69. The van der Waals surface area contributed by atoms with Crippen LogP contribution in [0.4, 0.5) is 18.9 Å². The molecule has 0 N–H and O–H groups in total. The van der Waals surface area contributed by atoms with Crippen molar-refractivity contribution < 1.29 is 27.0 Å². The van der Waals surface area contributed by atoms with E-state index in [-0.39, 0.29) is 32.9 Å². The molecule has 0 aliphatic rings. The number of hydrogen-bond donors (Lipinski definition) is 0. The quantitative estimate of drug-likeness (QED) is 0.320. The van der Waals surface area contributed by atoms with Crippen molar-refractivity contribution in [1.82, 2.24) is 0 Å². The molecule has 3 aromatic rings. The summed E-state index contributed by atoms with van der Waals surface area (Å²) in [7, 11) is -1.76. The Morgan fingerprint density at radius 1 is 1.03 bits per heavy atom. The fourth-order valence-corrected chi connectivity index (χ4v) is 4.07. The van der Waals surface area contributed by atoms with E-state index in [1.54, 1.807) is 30.3 Å². The van der Waals surface area contributed by atoms with Crippen molar-refractivity contribution in [1.29, 1.82) is 0 Å². The zero-order valence-electron chi connectivity index (χ0n) is 15.1. The summed E-state index contributed by atoms with van der Waals surface area (Å²) in [4.78, 5) is 10.6. The lowest BCUT2D eigenvalue weighted by Crippen LogP contribution is -2.04. The first-order valence-electron chi connectivity index (χ1n) is 8.40. The fraction of sp³-hybridized carbons (Fsp3) is 0.100. The van der Waals surface area contributed by atoms with Crippen molar-refractivity contribution >= 4 is 28.1 Å². The molecule has 0 bridgehead atoms. The number of nitrogens with zero attached hydrogens (tertiary/aromatic N) is 1. The number of nitro benzene ring substituents is 1. The molecule has 0 aromatic heterocycles. The van der Waals surface area contributed by atoms with Gasteiger partial charge in [0.25, 0.3) is 5.69 Å². The van der Waals surface area contributed by atoms with Crippen LogP contribution in [0.1, 0.15) is 11.1 Å². The molecule has 1 atom stereocenters. The molecule has 0 saturated carbocycles. The Bertz CT molecular complexity index is 1110. The van der Waals surface area contributed by atoms with Crippen LogP contribution >= 0.6 is 11.6 Å². The van der Waals surface area contributed by atoms with E-state index < -0.39 is 27.5 Å². The molecule has 30 heavy (non-hydrogen) atoms. The maximum atomic E-state index is 12.8. The molecule has 3 aromatic carbocycles. The Balaban J connectivity index is 1.91. The summed E-state index contributed by atoms with van der Waals surface area (Å²) in [6.07, 6.45) is -4.56. The minimum absolute atomic E-state index is 0.0478. The summed E-state index contributed by atoms with van der Waals surface area (Å²) < 4.78 is 56.6. The first kappa shape index (κ1) is 21.8. The molecular formula is C20H13ClF3NO4S. The maximum absolute atomic E-state index is 12.8. The molecule has 0 fully saturated rings. The fourth-order valence-electron chi connectivity index (χ4n) is 2.58. The summed E-state index contributed by atoms with van der Waals surface area (Å²) in [6, 6.07) is 15.0. The number of ether oxygens (including phenoxy) is 1. The molecular weight excluding hydrogens is 443 g/mol. The molecule has 0 saturated heterocycles. The van der Waals surface area contributed by atoms with E-state index in [2.05, 4.69) is 0 Å². The van der Waals surface area contributed by atoms with Crippen molar-refractivity contribution in [2.75, 3.05) is 0 Å². The van der Waals surface area contributed by atoms with Gasteiger partial charge in [-0.15, -0.1) is 0 Å². The highest BCUT2D eigenvalue weighted by atomic mass is 35.5. The normalized spacial score (nSPS) is 12.4. The first-order valence-corrected chi connectivity index (χ1v) is 10.1. The van der Waals surface area contributed by atoms with E-state index in [4.69, 9.17) is 16.3 Å². The third-order valence-corrected chi connectivity index (χ3v) is 5.71. The topological polar surface area (TPSA) is 69.4 Å². The standard InChI is InChI=1S/C20H13ClF3NO4S/c21-16-10-14(20(22,23)24)6-9-18(16)29-15-7-8-17(25(26)27)19(11-15)30(28)12-13-4-2-1-3-5-13/h1-11H,12H2. The SMILES string of the molecule is O=[N+]([O-])c1ccc(Oc2ccc(C(F)(F)F)cc2Cl)cc1S(=O)Cc1ccccc1. The van der Waals surface area contributed by atoms with Crippen LogP contribution in [0.2, 0.25) is 5.02 Å². The minimum Gasteiger partial charge on any atom is -0.456 e. The van der Waals surface area contributed by atoms with Gasteiger partial charge in [0.1, 0.15) is 16.4 Å². The summed E-state index contributed by atoms with van der Waals surface area (Å²) in [5, 5.41) is 11.1. The van der Waals surface area contributed by atoms with Gasteiger partial charge in [-0.05, 0) is 29.8 Å². The maximum Gasteiger partial charge on any atom is 0.416 e. The molecule has 1 unspecified atom stereocenters. The van der Waals surface area contributed by atoms with Gasteiger partial charge < -0.3 is 4.74 Å². The minimum atomic E-state index is -4.56. The number of nitro groups is 1. The van der Waals surface area contributed by atoms with Gasteiger partial charge in [-0.25, -0.2) is 0 Å². The lowest BCUT2D eigenvalue weighted by molar-refractivity contribution is -0.387. The summed E-state index contributed by atoms with van der Waals surface area (Å²) >= 11 is 5.88. The van der Waals surface area contributed by atoms with E-state index in [1.165, 1.54) is 12.1 Å². The van der Waals surface area contributed by atoms with E-state index in [0.717, 1.165) is 29.8 Å². The van der Waals surface area contributed by atoms with Gasteiger partial charge in [-0.1, -0.05) is 41.9 Å². The van der Waals surface area contributed by atoms with Crippen LogP contribution in [-0.2, 0) is 22.7 Å². The van der Waals surface area contributed by atoms with E-state index >= 15 is 0 Å². The largest absolute Gasteiger partial charge is 0.456 e. The zero-order valence-corrected chi connectivity index (χ0v) is 16.6. The zero-order chi connectivity index (χ0) is 21.9. The van der Waals surface area contributed by atoms with Gasteiger partial charge in [-0.2, -0.15) is 13.2 Å². The predicted octanol–water partition coefficient (Wildman–Crippen LogP) is 6.37. The van der Waals surface area contributed by atoms with Crippen LogP contribution < -0.4 is 4.74 Å². The molecule has 5 nitrogen and oxygen atoms in total. The third-order valence-electron chi connectivity index (χ3n) is 4.00. The summed E-state index contributed by atoms with van der Waals surface area (Å²) in [5.41, 5.74) is -0.564. The molecule has 0 aliphatic heterocycles. The van der Waals surface area contributed by atoms with Crippen LogP contribution in [-0.4, -0.2) is 9.13 Å². The van der Waals surface area contributed by atoms with Crippen LogP contribution in [0, 0.1) is 10.1 Å². The Kier molecular flexibility index (Phi) is 6.42. The van der Waals surface area contributed by atoms with Crippen LogP contribution in [0.3, 0.4) is 0 Å². The summed E-state index contributed by atoms with van der Waals surface area (Å²) in [6.45, 7) is 0. The molecule has 0 heterocycles. The predicted molar refractivity (Wildman–Crippen MR) is 106 cm³/mol. The van der Waals surface area contributed by atoms with Gasteiger partial charge in [0.05, 0.1) is 32.1 Å². The van der Waals surface area contributed by atoms with Crippen molar-refractivity contribution in [2.24, 2.45) is 0 Å². The second-order valence-electron chi connectivity index (χ2n) is 6.11. The number of alkyl halides is 3. The Morgan fingerprint density at radius 2 is 1.73 bits per heavy atom. The second kappa shape index (κ2) is 8.85. The van der Waals surface area contributed by atoms with E-state index in [9.17, 15) is 27.5 Å². The smallest absolute Gasteiger partial charge is 0.416 e. The highest BCUT2D eigenvalue weighted by molar-refractivity contribution is 7.84. The molecule has 0 aliphatic carbocycles. The lowest BCUT2D eigenvalue weighted by Gasteiger charge is -2.12. The number of halogens is 4. The van der Waals surface area contributed by atoms with Crippen molar-refractivity contribution in [3.63, 3.8) is 0 Å². The molecule has 3 rings (SSSR count). The molecule has 0 amide bonds. The van der Waals surface area contributed by atoms with E-state index in [0.29, 0.717) is 0 Å². The van der Waals surface area contributed by atoms with Crippen LogP contribution in [0.5, 0.6) is 11.5 Å². The van der Waals surface area contributed by atoms with Gasteiger partial charge in [-0.3, -0.25) is 14.3 Å². The van der Waals surface area contributed by atoms with Gasteiger partial charge >= 0.3 is 6.18 Å². The highest BCUT2D eigenvalue weighted by Crippen LogP contribution is 2.37. The monoisotopic (exact) mass is 455 g/mol. The Hall–Kier alpha value is -2.91. The van der Waals surface area contributed by atoms with Gasteiger partial charge in [0.2, 0.25) is 0 Å². The highest BCUT2D eigenvalue weighted by Gasteiger charge is 2.31. The molecule has 156 valence electrons. The second-order valence-corrected chi connectivity index (χ2v) is 7.93. The van der Waals surface area contributed by atoms with Crippen LogP contribution in [0.25, 0.3) is 0 Å². The van der Waals surface area contributed by atoms with Crippen molar-refractivity contribution in [3.05, 3.63) is 93.0 Å².